The average molecular weight is 455 g/mol. The maximum atomic E-state index is 12.7. The fraction of sp³-hybridized carbons (Fsp3) is 0.200. The molecule has 0 aliphatic heterocycles. The Morgan fingerprint density at radius 3 is 2.36 bits per heavy atom. The molecule has 0 spiro atoms. The van der Waals surface area contributed by atoms with Crippen molar-refractivity contribution in [2.75, 3.05) is 5.75 Å². The number of fused-ring (bicyclic) bond motifs is 1. The van der Waals surface area contributed by atoms with E-state index in [0.29, 0.717) is 6.07 Å². The Bertz CT molecular complexity index is 1280. The predicted octanol–water partition coefficient (Wildman–Crippen LogP) is 3.63. The van der Waals surface area contributed by atoms with Crippen LogP contribution in [0.3, 0.4) is 0 Å². The van der Waals surface area contributed by atoms with Crippen molar-refractivity contribution >= 4 is 42.4 Å². The zero-order valence-corrected chi connectivity index (χ0v) is 16.2. The third-order valence-corrected chi connectivity index (χ3v) is 7.17. The molecule has 0 bridgehead atoms. The summed E-state index contributed by atoms with van der Waals surface area (Å²) in [5.41, 5.74) is -5.99. The second-order valence-electron chi connectivity index (χ2n) is 5.48. The van der Waals surface area contributed by atoms with Gasteiger partial charge in [-0.2, -0.15) is 13.2 Å². The molecule has 0 saturated carbocycles. The molecule has 0 aliphatic rings. The monoisotopic (exact) mass is 454 g/mol. The van der Waals surface area contributed by atoms with Crippen molar-refractivity contribution in [2.24, 2.45) is 0 Å². The van der Waals surface area contributed by atoms with Gasteiger partial charge in [-0.15, -0.1) is 0 Å². The minimum absolute atomic E-state index is 0.0576. The Hall–Kier alpha value is -2.18. The van der Waals surface area contributed by atoms with E-state index in [1.807, 2.05) is 0 Å². The molecule has 0 unspecified atom stereocenters. The molecule has 0 atom stereocenters. The zero-order valence-electron chi connectivity index (χ0n) is 13.9. The molecule has 0 aliphatic carbocycles. The smallest absolute Gasteiger partial charge is 0.435 e. The zero-order chi connectivity index (χ0) is 20.9. The van der Waals surface area contributed by atoms with Crippen LogP contribution in [-0.4, -0.2) is 38.1 Å². The number of oxazole rings is 1. The van der Waals surface area contributed by atoms with E-state index in [4.69, 9.17) is 16.0 Å². The summed E-state index contributed by atoms with van der Waals surface area (Å²) < 4.78 is 91.2. The molecule has 0 radical (unpaired) electrons. The number of alkyl halides is 3. The summed E-state index contributed by atoms with van der Waals surface area (Å²) >= 11 is 5.81. The molecule has 0 amide bonds. The van der Waals surface area contributed by atoms with Gasteiger partial charge in [-0.1, -0.05) is 18.5 Å². The summed E-state index contributed by atoms with van der Waals surface area (Å²) in [4.78, 5) is 6.55. The lowest BCUT2D eigenvalue weighted by Crippen LogP contribution is -2.23. The number of aromatic nitrogens is 2. The highest BCUT2D eigenvalue weighted by molar-refractivity contribution is 7.92. The van der Waals surface area contributed by atoms with Crippen molar-refractivity contribution in [3.63, 3.8) is 0 Å². The molecular formula is C15H10ClF3N2O5S2. The molecule has 0 N–H and O–H groups in total. The lowest BCUT2D eigenvalue weighted by atomic mass is 10.3. The van der Waals surface area contributed by atoms with Crippen LogP contribution in [0, 0.1) is 0 Å². The number of hydrogen-bond acceptors (Lipinski definition) is 7. The van der Waals surface area contributed by atoms with Crippen molar-refractivity contribution in [1.29, 1.82) is 0 Å². The molecule has 1 aromatic carbocycles. The minimum atomic E-state index is -5.58. The van der Waals surface area contributed by atoms with Crippen LogP contribution >= 0.6 is 11.6 Å². The molecule has 2 heterocycles. The van der Waals surface area contributed by atoms with Gasteiger partial charge < -0.3 is 4.42 Å². The number of pyridine rings is 1. The Balaban J connectivity index is 2.22. The van der Waals surface area contributed by atoms with Gasteiger partial charge in [0.2, 0.25) is 5.89 Å². The van der Waals surface area contributed by atoms with E-state index in [1.54, 1.807) is 0 Å². The summed E-state index contributed by atoms with van der Waals surface area (Å²) in [5, 5.41) is -0.0624. The average Bonchev–Trinajstić information content (AvgIpc) is 3.03. The van der Waals surface area contributed by atoms with Crippen LogP contribution in [0.1, 0.15) is 6.92 Å². The van der Waals surface area contributed by atoms with Crippen LogP contribution in [0.5, 0.6) is 0 Å². The summed E-state index contributed by atoms with van der Waals surface area (Å²) in [6.07, 6.45) is 0. The van der Waals surface area contributed by atoms with Gasteiger partial charge in [-0.3, -0.25) is 0 Å². The Labute approximate surface area is 162 Å². The van der Waals surface area contributed by atoms with Gasteiger partial charge in [0, 0.05) is 0 Å². The van der Waals surface area contributed by atoms with Gasteiger partial charge >= 0.3 is 5.51 Å². The highest BCUT2D eigenvalue weighted by atomic mass is 35.5. The van der Waals surface area contributed by atoms with Crippen molar-refractivity contribution in [3.8, 4) is 11.6 Å². The van der Waals surface area contributed by atoms with Crippen LogP contribution < -0.4 is 0 Å². The minimum Gasteiger partial charge on any atom is -0.435 e. The Kier molecular flexibility index (Phi) is 4.92. The van der Waals surface area contributed by atoms with Crippen LogP contribution in [0.25, 0.3) is 22.7 Å². The van der Waals surface area contributed by atoms with Gasteiger partial charge in [0.05, 0.1) is 15.5 Å². The van der Waals surface area contributed by atoms with Crippen LogP contribution in [0.2, 0.25) is 5.15 Å². The summed E-state index contributed by atoms with van der Waals surface area (Å²) in [5.74, 6) is -0.580. The summed E-state index contributed by atoms with van der Waals surface area (Å²) in [6.45, 7) is 1.41. The van der Waals surface area contributed by atoms with Crippen molar-refractivity contribution < 1.29 is 34.4 Å². The SMILES string of the molecule is CCS(=O)(=O)c1ccc(Cl)nc1-c1nc2cc(S(=O)(=O)C(F)(F)F)ccc2o1. The van der Waals surface area contributed by atoms with Gasteiger partial charge in [0.15, 0.2) is 15.4 Å². The number of hydrogen-bond donors (Lipinski definition) is 0. The molecule has 13 heteroatoms. The highest BCUT2D eigenvalue weighted by Crippen LogP contribution is 2.34. The van der Waals surface area contributed by atoms with E-state index in [-0.39, 0.29) is 38.5 Å². The predicted molar refractivity (Wildman–Crippen MR) is 93.2 cm³/mol. The third-order valence-electron chi connectivity index (χ3n) is 3.72. The van der Waals surface area contributed by atoms with E-state index in [1.165, 1.54) is 19.1 Å². The van der Waals surface area contributed by atoms with E-state index in [9.17, 15) is 30.0 Å². The van der Waals surface area contributed by atoms with Crippen molar-refractivity contribution in [1.82, 2.24) is 9.97 Å². The van der Waals surface area contributed by atoms with Gasteiger partial charge in [-0.25, -0.2) is 26.8 Å². The highest BCUT2D eigenvalue weighted by Gasteiger charge is 2.47. The second-order valence-corrected chi connectivity index (χ2v) is 10.1. The van der Waals surface area contributed by atoms with Crippen LogP contribution in [0.15, 0.2) is 44.5 Å². The topological polar surface area (TPSA) is 107 Å². The lowest BCUT2D eigenvalue weighted by Gasteiger charge is -2.07. The number of halogens is 4. The maximum Gasteiger partial charge on any atom is 0.501 e. The first-order valence-corrected chi connectivity index (χ1v) is 11.0. The molecular weight excluding hydrogens is 445 g/mol. The molecule has 28 heavy (non-hydrogen) atoms. The molecule has 0 saturated heterocycles. The van der Waals surface area contributed by atoms with E-state index in [2.05, 4.69) is 9.97 Å². The number of nitrogens with zero attached hydrogens (tertiary/aromatic N) is 2. The fourth-order valence-corrected chi connectivity index (χ4v) is 4.23. The molecule has 0 fully saturated rings. The fourth-order valence-electron chi connectivity index (χ4n) is 2.29. The van der Waals surface area contributed by atoms with Crippen molar-refractivity contribution in [3.05, 3.63) is 35.5 Å². The first-order valence-electron chi connectivity index (χ1n) is 7.48. The van der Waals surface area contributed by atoms with Crippen molar-refractivity contribution in [2.45, 2.75) is 22.2 Å². The largest absolute Gasteiger partial charge is 0.501 e. The lowest BCUT2D eigenvalue weighted by molar-refractivity contribution is -0.0435. The molecule has 150 valence electrons. The van der Waals surface area contributed by atoms with Crippen LogP contribution in [-0.2, 0) is 19.7 Å². The molecule has 7 nitrogen and oxygen atoms in total. The molecule has 3 rings (SSSR count). The summed E-state index contributed by atoms with van der Waals surface area (Å²) in [7, 11) is -9.33. The maximum absolute atomic E-state index is 12.7. The summed E-state index contributed by atoms with van der Waals surface area (Å²) in [6, 6.07) is 4.85. The first-order chi connectivity index (χ1) is 12.9. The molecule has 3 aromatic rings. The third kappa shape index (κ3) is 3.47. The van der Waals surface area contributed by atoms with Gasteiger partial charge in [-0.05, 0) is 30.3 Å². The normalized spacial score (nSPS) is 13.2. The standard InChI is InChI=1S/C15H10ClF3N2O5S2/c1-2-27(22,23)11-5-6-12(16)21-13(11)14-20-9-7-8(3-4-10(9)26-14)28(24,25)15(17,18)19/h3-7H,2H2,1H3. The van der Waals surface area contributed by atoms with Crippen LogP contribution in [0.4, 0.5) is 13.2 Å². The quantitative estimate of drug-likeness (QED) is 0.554. The van der Waals surface area contributed by atoms with E-state index < -0.39 is 30.1 Å². The number of sulfone groups is 2. The second kappa shape index (κ2) is 6.71. The Morgan fingerprint density at radius 1 is 1.07 bits per heavy atom. The first kappa shape index (κ1) is 20.6. The molecule has 2 aromatic heterocycles. The van der Waals surface area contributed by atoms with E-state index in [0.717, 1.165) is 12.1 Å². The number of rotatable bonds is 4. The van der Waals surface area contributed by atoms with E-state index >= 15 is 0 Å². The van der Waals surface area contributed by atoms with Gasteiger partial charge in [0.25, 0.3) is 9.84 Å². The van der Waals surface area contributed by atoms with Gasteiger partial charge in [0.1, 0.15) is 16.4 Å². The Morgan fingerprint density at radius 2 is 1.75 bits per heavy atom. The number of benzene rings is 1.